The Hall–Kier alpha value is -1.10. The van der Waals surface area contributed by atoms with Gasteiger partial charge in [0.05, 0.1) is 12.1 Å². The number of rotatable bonds is 2. The third-order valence-corrected chi connectivity index (χ3v) is 4.08. The molecule has 5 heteroatoms. The Morgan fingerprint density at radius 1 is 1.44 bits per heavy atom. The molecule has 0 aromatic rings. The fourth-order valence-corrected chi connectivity index (χ4v) is 3.04. The van der Waals surface area contributed by atoms with Crippen LogP contribution in [-0.4, -0.2) is 42.7 Å². The van der Waals surface area contributed by atoms with Gasteiger partial charge in [-0.1, -0.05) is 19.1 Å². The second kappa shape index (κ2) is 5.27. The van der Waals surface area contributed by atoms with Crippen LogP contribution in [0.1, 0.15) is 33.1 Å². The first-order valence-electron chi connectivity index (χ1n) is 6.50. The lowest BCUT2D eigenvalue weighted by atomic mass is 9.96. The third-order valence-electron chi connectivity index (χ3n) is 4.08. The molecule has 1 saturated heterocycles. The van der Waals surface area contributed by atoms with E-state index < -0.39 is 6.04 Å². The Bertz CT molecular complexity index is 383. The zero-order valence-electron chi connectivity index (χ0n) is 10.9. The van der Waals surface area contributed by atoms with Gasteiger partial charge in [-0.05, 0) is 32.1 Å². The van der Waals surface area contributed by atoms with E-state index in [1.807, 2.05) is 6.08 Å². The lowest BCUT2D eigenvalue weighted by Gasteiger charge is -2.34. The van der Waals surface area contributed by atoms with Crippen LogP contribution in [0, 0.1) is 5.92 Å². The highest BCUT2D eigenvalue weighted by Crippen LogP contribution is 2.34. The van der Waals surface area contributed by atoms with Crippen molar-refractivity contribution in [2.24, 2.45) is 5.92 Å². The number of carbonyl (C=O) groups is 2. The molecule has 2 radical (unpaired) electrons. The van der Waals surface area contributed by atoms with Crippen LogP contribution in [0.4, 0.5) is 0 Å². The van der Waals surface area contributed by atoms with Crippen LogP contribution in [0.2, 0.25) is 0 Å². The van der Waals surface area contributed by atoms with Crippen molar-refractivity contribution in [3.8, 4) is 0 Å². The van der Waals surface area contributed by atoms with Crippen LogP contribution in [0.3, 0.4) is 0 Å². The van der Waals surface area contributed by atoms with Gasteiger partial charge in [0.15, 0.2) is 13.8 Å². The lowest BCUT2D eigenvalue weighted by molar-refractivity contribution is -0.140. The van der Waals surface area contributed by atoms with Crippen molar-refractivity contribution in [3.05, 3.63) is 12.2 Å². The summed E-state index contributed by atoms with van der Waals surface area (Å²) in [4.78, 5) is 26.0. The number of Topliss-reactive ketones (excluding diaryl/α,β-unsaturated/α-hetero) is 1. The number of ketones is 1. The fraction of sp³-hybridized carbons (Fsp3) is 0.692. The van der Waals surface area contributed by atoms with E-state index in [1.165, 1.54) is 0 Å². The van der Waals surface area contributed by atoms with Gasteiger partial charge >= 0.3 is 0 Å². The highest BCUT2D eigenvalue weighted by Gasteiger charge is 2.44. The molecule has 2 aliphatic heterocycles. The molecule has 0 aliphatic carbocycles. The topological polar surface area (TPSA) is 49.4 Å². The van der Waals surface area contributed by atoms with Crippen molar-refractivity contribution in [1.82, 2.24) is 10.1 Å². The van der Waals surface area contributed by atoms with Crippen LogP contribution in [0.25, 0.3) is 0 Å². The first kappa shape index (κ1) is 13.3. The maximum absolute atomic E-state index is 12.5. The van der Waals surface area contributed by atoms with E-state index in [9.17, 15) is 9.59 Å². The molecular weight excluding hydrogens is 227 g/mol. The number of carbonyl (C=O) groups excluding carboxylic acids is 2. The summed E-state index contributed by atoms with van der Waals surface area (Å²) < 4.78 is 0. The van der Waals surface area contributed by atoms with Crippen LogP contribution < -0.4 is 5.23 Å². The predicted octanol–water partition coefficient (Wildman–Crippen LogP) is 0.573. The molecule has 0 bridgehead atoms. The minimum atomic E-state index is -0.420. The molecule has 2 aliphatic rings. The molecule has 1 N–H and O–H groups in total. The lowest BCUT2D eigenvalue weighted by Crippen LogP contribution is -2.53. The van der Waals surface area contributed by atoms with Crippen molar-refractivity contribution in [3.63, 3.8) is 0 Å². The van der Waals surface area contributed by atoms with E-state index in [0.29, 0.717) is 12.3 Å². The van der Waals surface area contributed by atoms with E-state index in [4.69, 9.17) is 7.98 Å². The Morgan fingerprint density at radius 3 is 2.72 bits per heavy atom. The molecule has 18 heavy (non-hydrogen) atoms. The van der Waals surface area contributed by atoms with Gasteiger partial charge in [0.2, 0.25) is 5.91 Å². The van der Waals surface area contributed by atoms with E-state index >= 15 is 0 Å². The Labute approximate surface area is 109 Å². The minimum absolute atomic E-state index is 0.0450. The summed E-state index contributed by atoms with van der Waals surface area (Å²) in [5.74, 6) is 0.374. The first-order valence-corrected chi connectivity index (χ1v) is 6.50. The zero-order valence-corrected chi connectivity index (χ0v) is 10.9. The Morgan fingerprint density at radius 2 is 2.11 bits per heavy atom. The number of hydrogen-bond donors (Lipinski definition) is 1. The van der Waals surface area contributed by atoms with Crippen molar-refractivity contribution in [2.45, 2.75) is 51.2 Å². The molecular formula is C13H19BN2O2. The summed E-state index contributed by atoms with van der Waals surface area (Å²) in [6.07, 6.45) is 6.25. The summed E-state index contributed by atoms with van der Waals surface area (Å²) in [5.41, 5.74) is 0. The number of nitrogens with zero attached hydrogens (tertiary/aromatic N) is 1. The number of nitrogens with one attached hydrogen (secondary N) is 1. The van der Waals surface area contributed by atoms with Gasteiger partial charge in [0, 0.05) is 6.04 Å². The first-order chi connectivity index (χ1) is 8.56. The van der Waals surface area contributed by atoms with Crippen LogP contribution in [0.15, 0.2) is 12.2 Å². The molecule has 4 nitrogen and oxygen atoms in total. The molecule has 2 rings (SSSR count). The van der Waals surface area contributed by atoms with Crippen LogP contribution in [0.5, 0.6) is 0 Å². The number of hydrogen-bond acceptors (Lipinski definition) is 3. The van der Waals surface area contributed by atoms with Gasteiger partial charge in [-0.25, -0.2) is 0 Å². The van der Waals surface area contributed by atoms with E-state index in [1.54, 1.807) is 11.8 Å². The molecule has 0 spiro atoms. The quantitative estimate of drug-likeness (QED) is 0.572. The van der Waals surface area contributed by atoms with Gasteiger partial charge in [-0.15, -0.1) is 0 Å². The normalized spacial score (nSPS) is 37.9. The summed E-state index contributed by atoms with van der Waals surface area (Å²) in [6, 6.07) is -0.574. The van der Waals surface area contributed by atoms with Crippen LogP contribution >= 0.6 is 0 Å². The maximum atomic E-state index is 12.5. The fourth-order valence-electron chi connectivity index (χ4n) is 3.04. The van der Waals surface area contributed by atoms with Crippen molar-refractivity contribution in [1.29, 1.82) is 0 Å². The highest BCUT2D eigenvalue weighted by molar-refractivity contribution is 6.07. The molecule has 0 aromatic carbocycles. The van der Waals surface area contributed by atoms with Gasteiger partial charge in [0.25, 0.3) is 0 Å². The van der Waals surface area contributed by atoms with Gasteiger partial charge < -0.3 is 10.1 Å². The van der Waals surface area contributed by atoms with Crippen molar-refractivity contribution >= 4 is 19.7 Å². The predicted molar refractivity (Wildman–Crippen MR) is 69.9 cm³/mol. The van der Waals surface area contributed by atoms with Crippen LogP contribution in [-0.2, 0) is 9.59 Å². The maximum Gasteiger partial charge on any atom is 0.239 e. The molecule has 0 saturated carbocycles. The minimum Gasteiger partial charge on any atom is -0.356 e. The Kier molecular flexibility index (Phi) is 3.90. The summed E-state index contributed by atoms with van der Waals surface area (Å²) in [6.45, 7) is 3.67. The number of fused-ring (bicyclic) bond motifs is 1. The average molecular weight is 246 g/mol. The summed E-state index contributed by atoms with van der Waals surface area (Å²) >= 11 is 0. The second-order valence-corrected chi connectivity index (χ2v) is 5.31. The smallest absolute Gasteiger partial charge is 0.239 e. The summed E-state index contributed by atoms with van der Waals surface area (Å²) in [7, 11) is 5.44. The largest absolute Gasteiger partial charge is 0.356 e. The molecule has 0 aromatic heterocycles. The molecule has 4 atom stereocenters. The monoisotopic (exact) mass is 246 g/mol. The van der Waals surface area contributed by atoms with E-state index in [0.717, 1.165) is 12.8 Å². The second-order valence-electron chi connectivity index (χ2n) is 5.31. The van der Waals surface area contributed by atoms with Crippen molar-refractivity contribution < 1.29 is 9.59 Å². The standard InChI is InChI=1S/C13H19BN2O2/c1-8-7-12(9(2)17)16-11(8)6-4-3-5-10(15-14)13(16)18/h3-4,8,10-12,15H,5-7H2,1-2H3/b4-3-/t8?,10?,11?,12-/m0/s1. The van der Waals surface area contributed by atoms with E-state index in [2.05, 4.69) is 18.2 Å². The Balaban J connectivity index is 2.32. The molecule has 1 amide bonds. The van der Waals surface area contributed by atoms with Gasteiger partial charge in [-0.3, -0.25) is 9.59 Å². The highest BCUT2D eigenvalue weighted by atomic mass is 16.2. The molecule has 2 heterocycles. The third kappa shape index (κ3) is 2.24. The molecule has 96 valence electrons. The summed E-state index contributed by atoms with van der Waals surface area (Å²) in [5, 5.41) is 2.55. The van der Waals surface area contributed by atoms with Crippen molar-refractivity contribution in [2.75, 3.05) is 0 Å². The SMILES string of the molecule is [B]NC1C/C=C\CC2C(C)C[C@@H](C(C)=O)N2C1=O. The molecule has 1 fully saturated rings. The van der Waals surface area contributed by atoms with E-state index in [-0.39, 0.29) is 23.8 Å². The average Bonchev–Trinajstić information content (AvgIpc) is 2.63. The van der Waals surface area contributed by atoms with Gasteiger partial charge in [0.1, 0.15) is 0 Å². The van der Waals surface area contributed by atoms with Gasteiger partial charge in [-0.2, -0.15) is 0 Å². The zero-order chi connectivity index (χ0) is 13.3. The number of amides is 1. The molecule has 3 unspecified atom stereocenters.